The van der Waals surface area contributed by atoms with Crippen molar-refractivity contribution in [1.29, 1.82) is 0 Å². The standard InChI is InChI=1S/C38H36F4N6O4/c1-3-47-36-32(30(45-48(36)27-10-5-4-6-11-27)18-43-34(49)22(2)19-46-20-29-17-28(46)21-52-29)31(23-12-14-26(39)15-13-23)33(37(47)51)44-35(50)24-8-7-9-25(16-24)38(40,41)42/h4-16,28-29,31,33H,2-3,17-21H2,1H3,(H,43,49)(H,44,50)/t28?,29?,31-,33-/m0/s1. The van der Waals surface area contributed by atoms with Crippen LogP contribution in [0, 0.1) is 5.82 Å². The molecule has 52 heavy (non-hydrogen) atoms. The summed E-state index contributed by atoms with van der Waals surface area (Å²) in [5.74, 6) is -2.97. The van der Waals surface area contributed by atoms with Gasteiger partial charge in [-0.05, 0) is 61.4 Å². The van der Waals surface area contributed by atoms with E-state index in [2.05, 4.69) is 22.1 Å². The number of hydrogen-bond donors (Lipinski definition) is 2. The molecule has 3 aliphatic heterocycles. The van der Waals surface area contributed by atoms with Gasteiger partial charge in [-0.15, -0.1) is 0 Å². The third-order valence-electron chi connectivity index (χ3n) is 9.84. The average Bonchev–Trinajstić information content (AvgIpc) is 3.87. The molecule has 3 aromatic carbocycles. The minimum atomic E-state index is -4.69. The van der Waals surface area contributed by atoms with Crippen LogP contribution in [0.1, 0.15) is 52.0 Å². The Hall–Kier alpha value is -5.34. The largest absolute Gasteiger partial charge is 0.416 e. The molecule has 2 saturated heterocycles. The fourth-order valence-electron chi connectivity index (χ4n) is 7.32. The number of rotatable bonds is 10. The molecule has 2 N–H and O–H groups in total. The number of likely N-dealkylation sites (N-methyl/N-ethyl adjacent to an activating group) is 1. The van der Waals surface area contributed by atoms with Crippen LogP contribution in [-0.4, -0.2) is 76.8 Å². The molecule has 2 unspecified atom stereocenters. The van der Waals surface area contributed by atoms with Crippen molar-refractivity contribution in [1.82, 2.24) is 25.3 Å². The van der Waals surface area contributed by atoms with Gasteiger partial charge in [0.2, 0.25) is 5.91 Å². The Balaban J connectivity index is 1.29. The number of morpholine rings is 1. The number of aromatic nitrogens is 2. The summed E-state index contributed by atoms with van der Waals surface area (Å²) in [4.78, 5) is 45.2. The van der Waals surface area contributed by atoms with E-state index in [1.54, 1.807) is 35.9 Å². The lowest BCUT2D eigenvalue weighted by molar-refractivity contribution is -0.137. The van der Waals surface area contributed by atoms with Gasteiger partial charge in [0.15, 0.2) is 0 Å². The van der Waals surface area contributed by atoms with Crippen LogP contribution in [0.15, 0.2) is 91.0 Å². The summed E-state index contributed by atoms with van der Waals surface area (Å²) >= 11 is 0. The number of benzene rings is 3. The van der Waals surface area contributed by atoms with Crippen LogP contribution < -0.4 is 15.5 Å². The number of alkyl halides is 3. The first-order valence-corrected chi connectivity index (χ1v) is 17.0. The highest BCUT2D eigenvalue weighted by molar-refractivity contribution is 6.05. The molecular formula is C38H36F4N6O4. The summed E-state index contributed by atoms with van der Waals surface area (Å²) in [5, 5.41) is 10.5. The Morgan fingerprint density at radius 3 is 2.44 bits per heavy atom. The number of carbonyl (C=O) groups excluding carboxylic acids is 3. The highest BCUT2D eigenvalue weighted by atomic mass is 19.4. The van der Waals surface area contributed by atoms with Gasteiger partial charge in [-0.2, -0.15) is 18.3 Å². The Morgan fingerprint density at radius 1 is 1.04 bits per heavy atom. The second-order valence-electron chi connectivity index (χ2n) is 13.1. The van der Waals surface area contributed by atoms with Gasteiger partial charge in [-0.1, -0.05) is 43.0 Å². The molecular weight excluding hydrogens is 680 g/mol. The molecule has 4 heterocycles. The summed E-state index contributed by atoms with van der Waals surface area (Å²) < 4.78 is 62.2. The lowest BCUT2D eigenvalue weighted by Gasteiger charge is -2.38. The van der Waals surface area contributed by atoms with Crippen LogP contribution in [0.5, 0.6) is 0 Å². The Labute approximate surface area is 297 Å². The first-order chi connectivity index (χ1) is 24.9. The molecule has 2 bridgehead atoms. The van der Waals surface area contributed by atoms with Crippen LogP contribution in [0.4, 0.5) is 23.4 Å². The zero-order chi connectivity index (χ0) is 36.7. The Bertz CT molecular complexity index is 2020. The number of nitrogens with one attached hydrogen (secondary N) is 2. The molecule has 0 saturated carbocycles. The minimum absolute atomic E-state index is 0.0904. The average molecular weight is 717 g/mol. The maximum absolute atomic E-state index is 14.5. The molecule has 1 aromatic heterocycles. The van der Waals surface area contributed by atoms with Gasteiger partial charge in [0.1, 0.15) is 17.7 Å². The van der Waals surface area contributed by atoms with Gasteiger partial charge in [0.25, 0.3) is 11.8 Å². The highest BCUT2D eigenvalue weighted by Crippen LogP contribution is 2.44. The topological polar surface area (TPSA) is 109 Å². The summed E-state index contributed by atoms with van der Waals surface area (Å²) in [6.45, 7) is 7.53. The molecule has 10 nitrogen and oxygen atoms in total. The summed E-state index contributed by atoms with van der Waals surface area (Å²) in [6, 6.07) is 17.3. The van der Waals surface area contributed by atoms with Crippen molar-refractivity contribution in [2.75, 3.05) is 31.1 Å². The second kappa shape index (κ2) is 14.0. The van der Waals surface area contributed by atoms with Crippen LogP contribution in [0.2, 0.25) is 0 Å². The van der Waals surface area contributed by atoms with E-state index >= 15 is 0 Å². The molecule has 0 radical (unpaired) electrons. The molecule has 2 fully saturated rings. The number of likely N-dealkylation sites (tertiary alicyclic amines) is 1. The Morgan fingerprint density at radius 2 is 1.79 bits per heavy atom. The number of ether oxygens (including phenoxy) is 1. The van der Waals surface area contributed by atoms with E-state index in [0.717, 1.165) is 31.2 Å². The number of carbonyl (C=O) groups is 3. The summed E-state index contributed by atoms with van der Waals surface area (Å²) in [6.07, 6.45) is -3.62. The zero-order valence-corrected chi connectivity index (χ0v) is 28.2. The molecule has 0 spiro atoms. The predicted octanol–water partition coefficient (Wildman–Crippen LogP) is 4.97. The fraction of sp³-hybridized carbons (Fsp3) is 0.316. The quantitative estimate of drug-likeness (QED) is 0.177. The van der Waals surface area contributed by atoms with Crippen LogP contribution in [-0.2, 0) is 27.0 Å². The van der Waals surface area contributed by atoms with Crippen LogP contribution >= 0.6 is 0 Å². The van der Waals surface area contributed by atoms with Gasteiger partial charge in [-0.25, -0.2) is 9.07 Å². The smallest absolute Gasteiger partial charge is 0.375 e. The molecule has 4 aromatic rings. The molecule has 3 amide bonds. The number of halogens is 4. The third kappa shape index (κ3) is 6.71. The minimum Gasteiger partial charge on any atom is -0.375 e. The van der Waals surface area contributed by atoms with Gasteiger partial charge in [0.05, 0.1) is 36.2 Å². The first-order valence-electron chi connectivity index (χ1n) is 17.0. The van der Waals surface area contributed by atoms with Crippen molar-refractivity contribution < 1.29 is 36.7 Å². The number of nitrogens with zero attached hydrogens (tertiary/aromatic N) is 4. The van der Waals surface area contributed by atoms with Crippen molar-refractivity contribution in [2.45, 2.75) is 50.2 Å². The third-order valence-corrected chi connectivity index (χ3v) is 9.84. The molecule has 7 rings (SSSR count). The predicted molar refractivity (Wildman–Crippen MR) is 183 cm³/mol. The molecule has 3 aliphatic rings. The van der Waals surface area contributed by atoms with Crippen LogP contribution in [0.3, 0.4) is 0 Å². The normalized spacial score (nSPS) is 21.2. The monoisotopic (exact) mass is 716 g/mol. The van der Waals surface area contributed by atoms with E-state index in [4.69, 9.17) is 9.84 Å². The molecule has 4 atom stereocenters. The maximum atomic E-state index is 14.5. The number of anilines is 1. The zero-order valence-electron chi connectivity index (χ0n) is 28.2. The summed E-state index contributed by atoms with van der Waals surface area (Å²) in [7, 11) is 0. The van der Waals surface area contributed by atoms with Crippen LogP contribution in [0.25, 0.3) is 5.69 Å². The lowest BCUT2D eigenvalue weighted by Crippen LogP contribution is -2.55. The Kier molecular flexibility index (Phi) is 9.44. The number of amides is 3. The van der Waals surface area contributed by atoms with E-state index in [0.29, 0.717) is 47.1 Å². The van der Waals surface area contributed by atoms with E-state index in [9.17, 15) is 31.9 Å². The second-order valence-corrected chi connectivity index (χ2v) is 13.1. The van der Waals surface area contributed by atoms with Crippen molar-refractivity contribution in [3.05, 3.63) is 125 Å². The molecule has 270 valence electrons. The SMILES string of the molecule is C=C(CN1CC2CC1CO2)C(=O)NCc1nn(-c2ccccc2)c2c1[C@H](c1ccc(F)cc1)[C@H](NC(=O)c1cccc(C(F)(F)F)c1)C(=O)N2CC. The fourth-order valence-corrected chi connectivity index (χ4v) is 7.32. The molecule has 0 aliphatic carbocycles. The number of para-hydroxylation sites is 1. The van der Waals surface area contributed by atoms with Gasteiger partial charge < -0.3 is 15.4 Å². The maximum Gasteiger partial charge on any atom is 0.416 e. The lowest BCUT2D eigenvalue weighted by atomic mass is 9.80. The van der Waals surface area contributed by atoms with E-state index in [1.165, 1.54) is 35.2 Å². The number of fused-ring (bicyclic) bond motifs is 3. The van der Waals surface area contributed by atoms with E-state index < -0.39 is 47.2 Å². The molecule has 14 heteroatoms. The van der Waals surface area contributed by atoms with Gasteiger partial charge in [-0.3, -0.25) is 24.2 Å². The number of hydrogen-bond acceptors (Lipinski definition) is 6. The van der Waals surface area contributed by atoms with Gasteiger partial charge >= 0.3 is 6.18 Å². The van der Waals surface area contributed by atoms with Crippen molar-refractivity contribution in [3.8, 4) is 5.69 Å². The first kappa shape index (κ1) is 35.1. The van der Waals surface area contributed by atoms with Crippen molar-refractivity contribution >= 4 is 23.5 Å². The van der Waals surface area contributed by atoms with Gasteiger partial charge in [0, 0.05) is 48.3 Å². The summed E-state index contributed by atoms with van der Waals surface area (Å²) in [5.41, 5.74) is 0.948. The van der Waals surface area contributed by atoms with Crippen molar-refractivity contribution in [2.24, 2.45) is 0 Å². The highest BCUT2D eigenvalue weighted by Gasteiger charge is 2.46. The van der Waals surface area contributed by atoms with E-state index in [1.807, 2.05) is 6.07 Å². The van der Waals surface area contributed by atoms with E-state index in [-0.39, 0.29) is 30.8 Å². The van der Waals surface area contributed by atoms with Crippen molar-refractivity contribution in [3.63, 3.8) is 0 Å².